The summed E-state index contributed by atoms with van der Waals surface area (Å²) in [6, 6.07) is 13.0. The van der Waals surface area contributed by atoms with E-state index in [1.807, 2.05) is 38.1 Å². The summed E-state index contributed by atoms with van der Waals surface area (Å²) in [5.41, 5.74) is 1.65. The molecule has 0 saturated carbocycles. The zero-order valence-corrected chi connectivity index (χ0v) is 13.6. The van der Waals surface area contributed by atoms with E-state index >= 15 is 0 Å². The normalized spacial score (nSPS) is 27.3. The summed E-state index contributed by atoms with van der Waals surface area (Å²) >= 11 is 1.49. The highest BCUT2D eigenvalue weighted by Crippen LogP contribution is 2.47. The van der Waals surface area contributed by atoms with Gasteiger partial charge in [-0.2, -0.15) is 0 Å². The van der Waals surface area contributed by atoms with Crippen molar-refractivity contribution in [2.75, 3.05) is 7.11 Å². The van der Waals surface area contributed by atoms with Gasteiger partial charge in [0.2, 0.25) is 0 Å². The Bertz CT molecular complexity index is 706. The summed E-state index contributed by atoms with van der Waals surface area (Å²) in [4.78, 5) is 0.256. The van der Waals surface area contributed by atoms with Crippen LogP contribution in [0.5, 0.6) is 11.5 Å². The van der Waals surface area contributed by atoms with Gasteiger partial charge < -0.3 is 20.1 Å². The van der Waals surface area contributed by atoms with E-state index in [9.17, 15) is 10.3 Å². The zero-order valence-electron chi connectivity index (χ0n) is 12.8. The highest BCUT2D eigenvalue weighted by Gasteiger charge is 2.45. The third kappa shape index (κ3) is 2.17. The molecule has 1 aliphatic heterocycles. The van der Waals surface area contributed by atoms with Crippen molar-refractivity contribution in [3.05, 3.63) is 58.8 Å². The molecular formula is C17H19NO3S. The van der Waals surface area contributed by atoms with E-state index in [2.05, 4.69) is 0 Å². The fourth-order valence-corrected chi connectivity index (χ4v) is 4.52. The second kappa shape index (κ2) is 5.50. The van der Waals surface area contributed by atoms with Gasteiger partial charge in [-0.3, -0.25) is 0 Å². The Balaban J connectivity index is 2.14. The molecule has 0 aliphatic carbocycles. The van der Waals surface area contributed by atoms with Crippen LogP contribution in [0.2, 0.25) is 0 Å². The molecule has 1 aliphatic rings. The molecule has 2 aromatic carbocycles. The van der Waals surface area contributed by atoms with Gasteiger partial charge in [-0.1, -0.05) is 36.0 Å². The Labute approximate surface area is 134 Å². The van der Waals surface area contributed by atoms with Gasteiger partial charge in [-0.15, -0.1) is 0 Å². The van der Waals surface area contributed by atoms with Crippen LogP contribution in [-0.2, 0) is 4.87 Å². The number of para-hydroxylation sites is 1. The van der Waals surface area contributed by atoms with Gasteiger partial charge in [0, 0.05) is 17.4 Å². The van der Waals surface area contributed by atoms with Crippen LogP contribution in [0.1, 0.15) is 31.0 Å². The first-order chi connectivity index (χ1) is 10.5. The molecule has 2 aromatic rings. The van der Waals surface area contributed by atoms with Crippen molar-refractivity contribution >= 4 is 11.8 Å². The minimum Gasteiger partial charge on any atom is -0.633 e. The summed E-state index contributed by atoms with van der Waals surface area (Å²) in [6.45, 7) is 3.80. The first kappa shape index (κ1) is 15.2. The van der Waals surface area contributed by atoms with Crippen molar-refractivity contribution in [2.45, 2.75) is 29.7 Å². The fraction of sp³-hybridized carbons (Fsp3) is 0.294. The number of benzene rings is 2. The number of quaternary nitrogens is 1. The molecule has 4 nitrogen and oxygen atoms in total. The fourth-order valence-electron chi connectivity index (χ4n) is 3.02. The number of hydroxylamine groups is 2. The first-order valence-corrected chi connectivity index (χ1v) is 7.99. The van der Waals surface area contributed by atoms with Crippen LogP contribution in [0.3, 0.4) is 0 Å². The average molecular weight is 317 g/mol. The summed E-state index contributed by atoms with van der Waals surface area (Å²) in [5.74, 6) is 0.429. The molecule has 0 spiro atoms. The molecular weight excluding hydrogens is 298 g/mol. The van der Waals surface area contributed by atoms with E-state index in [-0.39, 0.29) is 16.9 Å². The number of rotatable bonds is 2. The lowest BCUT2D eigenvalue weighted by atomic mass is 10.0. The monoisotopic (exact) mass is 317 g/mol. The van der Waals surface area contributed by atoms with Crippen LogP contribution in [0, 0.1) is 5.21 Å². The Morgan fingerprint density at radius 2 is 1.95 bits per heavy atom. The number of phenolic OH excluding ortho intramolecular Hbond substituents is 1. The Hall–Kier alpha value is -1.69. The lowest BCUT2D eigenvalue weighted by Gasteiger charge is -2.48. The molecule has 0 radical (unpaired) electrons. The molecule has 116 valence electrons. The molecule has 0 fully saturated rings. The van der Waals surface area contributed by atoms with E-state index in [0.717, 1.165) is 10.5 Å². The maximum atomic E-state index is 13.0. The second-order valence-corrected chi connectivity index (χ2v) is 7.08. The predicted molar refractivity (Wildman–Crippen MR) is 87.1 cm³/mol. The lowest BCUT2D eigenvalue weighted by molar-refractivity contribution is -0.923. The second-order valence-electron chi connectivity index (χ2n) is 5.62. The number of hydrogen-bond donors (Lipinski definition) is 2. The largest absolute Gasteiger partial charge is 0.633 e. The van der Waals surface area contributed by atoms with Gasteiger partial charge in [-0.05, 0) is 25.1 Å². The molecule has 0 saturated heterocycles. The van der Waals surface area contributed by atoms with E-state index in [1.54, 1.807) is 18.2 Å². The molecule has 2 N–H and O–H groups in total. The van der Waals surface area contributed by atoms with Crippen molar-refractivity contribution in [1.29, 1.82) is 0 Å². The molecule has 5 heteroatoms. The number of thioether (sulfide) groups is 1. The quantitative estimate of drug-likeness (QED) is 0.836. The maximum Gasteiger partial charge on any atom is 0.175 e. The number of phenols is 1. The minimum atomic E-state index is -0.827. The minimum absolute atomic E-state index is 0.0416. The van der Waals surface area contributed by atoms with Crippen LogP contribution in [-0.4, -0.2) is 12.2 Å². The summed E-state index contributed by atoms with van der Waals surface area (Å²) in [6.07, 6.45) is 0. The molecule has 3 rings (SSSR count). The number of ether oxygens (including phenoxy) is 1. The van der Waals surface area contributed by atoms with Crippen molar-refractivity contribution in [1.82, 2.24) is 0 Å². The number of aromatic hydroxyl groups is 1. The van der Waals surface area contributed by atoms with E-state index < -0.39 is 4.87 Å². The topological polar surface area (TPSA) is 57.0 Å². The van der Waals surface area contributed by atoms with Gasteiger partial charge in [0.1, 0.15) is 6.04 Å². The number of methoxy groups -OCH3 is 1. The highest BCUT2D eigenvalue weighted by molar-refractivity contribution is 8.00. The van der Waals surface area contributed by atoms with Gasteiger partial charge in [0.05, 0.1) is 12.7 Å². The Morgan fingerprint density at radius 3 is 2.68 bits per heavy atom. The molecule has 1 heterocycles. The van der Waals surface area contributed by atoms with Crippen molar-refractivity contribution < 1.29 is 14.9 Å². The summed E-state index contributed by atoms with van der Waals surface area (Å²) in [7, 11) is 1.51. The lowest BCUT2D eigenvalue weighted by Crippen LogP contribution is -3.14. The molecule has 0 aromatic heterocycles. The van der Waals surface area contributed by atoms with Crippen molar-refractivity contribution in [2.24, 2.45) is 0 Å². The smallest absolute Gasteiger partial charge is 0.175 e. The zero-order chi connectivity index (χ0) is 15.9. The van der Waals surface area contributed by atoms with Gasteiger partial charge in [-0.25, -0.2) is 0 Å². The van der Waals surface area contributed by atoms with E-state index in [0.29, 0.717) is 11.3 Å². The molecule has 0 bridgehead atoms. The first-order valence-electron chi connectivity index (χ1n) is 7.17. The SMILES string of the molecule is COc1cccc(C2(C)Sc3ccccc3C(C)[NH+]2[O-])c1O. The van der Waals surface area contributed by atoms with E-state index in [4.69, 9.17) is 4.74 Å². The van der Waals surface area contributed by atoms with Crippen LogP contribution < -0.4 is 9.80 Å². The third-order valence-electron chi connectivity index (χ3n) is 4.30. The summed E-state index contributed by atoms with van der Waals surface area (Å²) in [5, 5.41) is 23.6. The maximum absolute atomic E-state index is 13.0. The van der Waals surface area contributed by atoms with Crippen LogP contribution in [0.4, 0.5) is 0 Å². The van der Waals surface area contributed by atoms with Crippen LogP contribution >= 0.6 is 11.8 Å². The molecule has 22 heavy (non-hydrogen) atoms. The summed E-state index contributed by atoms with van der Waals surface area (Å²) < 4.78 is 5.18. The van der Waals surface area contributed by atoms with Gasteiger partial charge in [0.15, 0.2) is 16.4 Å². The molecule has 3 unspecified atom stereocenters. The standard InChI is InChI=1S/C17H19NO3S/c1-11-12-7-4-5-10-15(12)22-17(2,18(11)20)13-8-6-9-14(21-3)16(13)19/h4-11,18-19H,1-3H3. The van der Waals surface area contributed by atoms with Crippen LogP contribution in [0.25, 0.3) is 0 Å². The third-order valence-corrected chi connectivity index (χ3v) is 5.72. The van der Waals surface area contributed by atoms with Gasteiger partial charge >= 0.3 is 0 Å². The van der Waals surface area contributed by atoms with Crippen molar-refractivity contribution in [3.63, 3.8) is 0 Å². The van der Waals surface area contributed by atoms with E-state index in [1.165, 1.54) is 18.9 Å². The van der Waals surface area contributed by atoms with Gasteiger partial charge in [0.25, 0.3) is 0 Å². The Morgan fingerprint density at radius 1 is 1.23 bits per heavy atom. The molecule has 3 atom stereocenters. The Kier molecular flexibility index (Phi) is 3.80. The molecule has 0 amide bonds. The number of hydrogen-bond acceptors (Lipinski definition) is 4. The predicted octanol–water partition coefficient (Wildman–Crippen LogP) is 2.82. The van der Waals surface area contributed by atoms with Crippen molar-refractivity contribution in [3.8, 4) is 11.5 Å². The van der Waals surface area contributed by atoms with Crippen LogP contribution in [0.15, 0.2) is 47.4 Å². The average Bonchev–Trinajstić information content (AvgIpc) is 2.53. The highest BCUT2D eigenvalue weighted by atomic mass is 32.2. The number of fused-ring (bicyclic) bond motifs is 1. The number of nitrogens with one attached hydrogen (secondary N) is 1.